The maximum atomic E-state index is 14.0. The number of piperazine rings is 2. The molecule has 14 nitrogen and oxygen atoms in total. The average Bonchev–Trinajstić information content (AvgIpc) is 4.41. The Hall–Kier alpha value is -6.40. The molecule has 12 rings (SSSR count). The highest BCUT2D eigenvalue weighted by molar-refractivity contribution is 7.88. The standard InChI is InChI=1S/2C29H28ClN3O4S/c2*1-38(36,37)32-15-13-31(14-16-32)27(34)22-6-4-5-20(17-22)19-33-26-8-3-2-7-24(26)29(28(33)35)18-25(29)21-9-11-23(30)12-10-21/h2*2-12,17,25H,13-16,18-19H2,1H3/t2*25-,29-/m10/s1. The average molecular weight is 1100 g/mol. The van der Waals surface area contributed by atoms with E-state index in [1.165, 1.54) is 21.1 Å². The molecule has 0 radical (unpaired) electrons. The Labute approximate surface area is 453 Å². The van der Waals surface area contributed by atoms with Crippen LogP contribution < -0.4 is 9.80 Å². The van der Waals surface area contributed by atoms with Crippen LogP contribution in [0.1, 0.15) is 78.8 Å². The number of para-hydroxylation sites is 2. The zero-order valence-electron chi connectivity index (χ0n) is 42.0. The van der Waals surface area contributed by atoms with Crippen molar-refractivity contribution in [1.82, 2.24) is 18.4 Å². The van der Waals surface area contributed by atoms with Crippen molar-refractivity contribution >= 4 is 78.3 Å². The normalized spacial score (nSPS) is 23.1. The first kappa shape index (κ1) is 51.7. The van der Waals surface area contributed by atoms with Crippen LogP contribution in [0.5, 0.6) is 0 Å². The summed E-state index contributed by atoms with van der Waals surface area (Å²) in [7, 11) is -6.53. The zero-order valence-corrected chi connectivity index (χ0v) is 45.2. The van der Waals surface area contributed by atoms with Gasteiger partial charge in [-0.05, 0) is 107 Å². The number of nitrogens with zero attached hydrogens (tertiary/aromatic N) is 6. The fourth-order valence-corrected chi connectivity index (χ4v) is 13.9. The second-order valence-corrected chi connectivity index (χ2v) is 25.5. The molecule has 0 aromatic heterocycles. The topological polar surface area (TPSA) is 156 Å². The van der Waals surface area contributed by atoms with Crippen LogP contribution in [0.3, 0.4) is 0 Å². The maximum absolute atomic E-state index is 14.0. The number of sulfonamides is 2. The summed E-state index contributed by atoms with van der Waals surface area (Å²) < 4.78 is 50.0. The van der Waals surface area contributed by atoms with Gasteiger partial charge in [0.2, 0.25) is 31.9 Å². The SMILES string of the molecule is CS(=O)(=O)N1CCN(C(=O)c2cccc(CN3C(=O)[C@@]4(C[C@H]4c4ccc(Cl)cc4)c4ccccc43)c2)CC1.CS(=O)(=O)N1CCN(C(=O)c2cccc(CN3C(=O)[C@]4(C[C@@H]4c4ccc(Cl)cc4)c4ccccc43)c2)CC1. The molecule has 76 heavy (non-hydrogen) atoms. The lowest BCUT2D eigenvalue weighted by molar-refractivity contribution is -0.121. The van der Waals surface area contributed by atoms with E-state index in [2.05, 4.69) is 12.1 Å². The molecule has 4 aliphatic heterocycles. The van der Waals surface area contributed by atoms with E-state index >= 15 is 0 Å². The minimum absolute atomic E-state index is 0.0901. The molecule has 2 spiro atoms. The summed E-state index contributed by atoms with van der Waals surface area (Å²) in [4.78, 5) is 61.4. The number of anilines is 2. The van der Waals surface area contributed by atoms with Gasteiger partial charge in [-0.3, -0.25) is 19.2 Å². The quantitative estimate of drug-likeness (QED) is 0.134. The summed E-state index contributed by atoms with van der Waals surface area (Å²) in [5, 5.41) is 1.35. The molecule has 6 aliphatic rings. The molecule has 2 saturated carbocycles. The van der Waals surface area contributed by atoms with Crippen molar-refractivity contribution in [1.29, 1.82) is 0 Å². The third-order valence-electron chi connectivity index (χ3n) is 16.1. The van der Waals surface area contributed by atoms with Crippen LogP contribution in [0.2, 0.25) is 10.0 Å². The number of amides is 4. The molecule has 0 bridgehead atoms. The summed E-state index contributed by atoms with van der Waals surface area (Å²) in [5.74, 6) is 0.137. The summed E-state index contributed by atoms with van der Waals surface area (Å²) >= 11 is 12.2. The van der Waals surface area contributed by atoms with Crippen LogP contribution >= 0.6 is 23.2 Å². The molecule has 4 amide bonds. The highest BCUT2D eigenvalue weighted by atomic mass is 35.5. The second-order valence-electron chi connectivity index (χ2n) is 20.7. The van der Waals surface area contributed by atoms with E-state index in [0.29, 0.717) is 86.6 Å². The van der Waals surface area contributed by atoms with Gasteiger partial charge >= 0.3 is 0 Å². The fourth-order valence-electron chi connectivity index (χ4n) is 12.0. The van der Waals surface area contributed by atoms with Gasteiger partial charge in [-0.15, -0.1) is 0 Å². The number of fused-ring (bicyclic) bond motifs is 4. The largest absolute Gasteiger partial charge is 0.336 e. The molecule has 2 aliphatic carbocycles. The Balaban J connectivity index is 0.000000162. The first-order chi connectivity index (χ1) is 36.4. The van der Waals surface area contributed by atoms with Gasteiger partial charge in [-0.1, -0.05) is 108 Å². The predicted molar refractivity (Wildman–Crippen MR) is 294 cm³/mol. The lowest BCUT2D eigenvalue weighted by Crippen LogP contribution is -2.50. The van der Waals surface area contributed by atoms with E-state index in [9.17, 15) is 36.0 Å². The molecular weight excluding hydrogens is 1040 g/mol. The number of carbonyl (C=O) groups excluding carboxylic acids is 4. The van der Waals surface area contributed by atoms with Crippen LogP contribution in [-0.2, 0) is 53.6 Å². The summed E-state index contributed by atoms with van der Waals surface area (Å²) in [6.07, 6.45) is 3.91. The van der Waals surface area contributed by atoms with Crippen molar-refractivity contribution in [3.05, 3.63) is 200 Å². The van der Waals surface area contributed by atoms with Crippen molar-refractivity contribution in [2.24, 2.45) is 0 Å². The third kappa shape index (κ3) is 9.51. The third-order valence-corrected chi connectivity index (χ3v) is 19.2. The van der Waals surface area contributed by atoms with Crippen LogP contribution in [0.4, 0.5) is 11.4 Å². The van der Waals surface area contributed by atoms with E-state index in [-0.39, 0.29) is 35.5 Å². The minimum Gasteiger partial charge on any atom is -0.336 e. The molecule has 4 fully saturated rings. The van der Waals surface area contributed by atoms with Gasteiger partial charge in [-0.2, -0.15) is 8.61 Å². The summed E-state index contributed by atoms with van der Waals surface area (Å²) in [6, 6.07) is 46.2. The molecule has 2 saturated heterocycles. The Kier molecular flexibility index (Phi) is 13.5. The van der Waals surface area contributed by atoms with Gasteiger partial charge in [0.15, 0.2) is 0 Å². The van der Waals surface area contributed by atoms with Crippen molar-refractivity contribution < 1.29 is 36.0 Å². The molecule has 4 heterocycles. The fraction of sp³-hybridized carbons (Fsp3) is 0.310. The highest BCUT2D eigenvalue weighted by Gasteiger charge is 2.68. The monoisotopic (exact) mass is 1100 g/mol. The number of hydrogen-bond donors (Lipinski definition) is 0. The van der Waals surface area contributed by atoms with E-state index in [1.54, 1.807) is 21.9 Å². The number of rotatable bonds is 10. The van der Waals surface area contributed by atoms with E-state index in [4.69, 9.17) is 23.2 Å². The Morgan fingerprint density at radius 1 is 0.487 bits per heavy atom. The van der Waals surface area contributed by atoms with Crippen LogP contribution in [0.25, 0.3) is 0 Å². The van der Waals surface area contributed by atoms with Crippen molar-refractivity contribution in [3.8, 4) is 0 Å². The van der Waals surface area contributed by atoms with Crippen LogP contribution in [-0.4, -0.2) is 124 Å². The number of halogens is 2. The molecule has 0 unspecified atom stereocenters. The number of carbonyl (C=O) groups is 4. The second kappa shape index (κ2) is 19.9. The van der Waals surface area contributed by atoms with Crippen LogP contribution in [0.15, 0.2) is 146 Å². The molecule has 4 atom stereocenters. The Morgan fingerprint density at radius 3 is 1.20 bits per heavy atom. The number of hydrogen-bond acceptors (Lipinski definition) is 8. The van der Waals surface area contributed by atoms with Gasteiger partial charge in [0.25, 0.3) is 11.8 Å². The van der Waals surface area contributed by atoms with E-state index < -0.39 is 30.9 Å². The predicted octanol–water partition coefficient (Wildman–Crippen LogP) is 8.06. The van der Waals surface area contributed by atoms with Gasteiger partial charge in [-0.25, -0.2) is 16.8 Å². The van der Waals surface area contributed by atoms with E-state index in [1.807, 2.05) is 131 Å². The van der Waals surface area contributed by atoms with Crippen molar-refractivity contribution in [3.63, 3.8) is 0 Å². The lowest BCUT2D eigenvalue weighted by atomic mass is 9.92. The minimum atomic E-state index is -3.27. The lowest BCUT2D eigenvalue weighted by Gasteiger charge is -2.33. The van der Waals surface area contributed by atoms with Gasteiger partial charge in [0, 0.05) is 96.7 Å². The summed E-state index contributed by atoms with van der Waals surface area (Å²) in [6.45, 7) is 3.31. The summed E-state index contributed by atoms with van der Waals surface area (Å²) in [5.41, 5.74) is 7.88. The van der Waals surface area contributed by atoms with Gasteiger partial charge in [0.1, 0.15) is 0 Å². The highest BCUT2D eigenvalue weighted by Crippen LogP contribution is 2.67. The first-order valence-corrected chi connectivity index (χ1v) is 29.8. The smallest absolute Gasteiger partial charge is 0.253 e. The van der Waals surface area contributed by atoms with Crippen molar-refractivity contribution in [2.45, 2.75) is 48.6 Å². The molecule has 0 N–H and O–H groups in total. The first-order valence-electron chi connectivity index (χ1n) is 25.4. The maximum Gasteiger partial charge on any atom is 0.253 e. The molecule has 392 valence electrons. The Morgan fingerprint density at radius 2 is 0.842 bits per heavy atom. The number of benzene rings is 6. The van der Waals surface area contributed by atoms with Crippen LogP contribution in [0, 0.1) is 0 Å². The van der Waals surface area contributed by atoms with Gasteiger partial charge in [0.05, 0.1) is 36.4 Å². The molecular formula is C58H56Cl2N6O8S2. The molecule has 6 aromatic carbocycles. The zero-order chi connectivity index (χ0) is 53.3. The molecule has 18 heteroatoms. The molecule has 6 aromatic rings. The Bertz CT molecular complexity index is 3300. The van der Waals surface area contributed by atoms with Crippen molar-refractivity contribution in [2.75, 3.05) is 74.7 Å². The van der Waals surface area contributed by atoms with Gasteiger partial charge < -0.3 is 19.6 Å². The van der Waals surface area contributed by atoms with E-state index in [0.717, 1.165) is 57.6 Å².